The fourth-order valence-electron chi connectivity index (χ4n) is 1.31. The van der Waals surface area contributed by atoms with Crippen LogP contribution in [0.15, 0.2) is 24.3 Å². The summed E-state index contributed by atoms with van der Waals surface area (Å²) in [5.41, 5.74) is -0.0532. The molecule has 78 valence electrons. The summed E-state index contributed by atoms with van der Waals surface area (Å²) in [6.07, 6.45) is -2.72. The van der Waals surface area contributed by atoms with Gasteiger partial charge in [-0.25, -0.2) is 13.8 Å². The Hall–Kier alpha value is -0.930. The summed E-state index contributed by atoms with van der Waals surface area (Å²) in [4.78, 5) is 3.77. The molecule has 2 aromatic rings. The predicted molar refractivity (Wildman–Crippen MR) is 56.7 cm³/mol. The molecule has 1 aromatic carbocycles. The van der Waals surface area contributed by atoms with Gasteiger partial charge in [-0.3, -0.25) is 0 Å². The molecule has 0 amide bonds. The highest BCUT2D eigenvalue weighted by molar-refractivity contribution is 6.45. The summed E-state index contributed by atoms with van der Waals surface area (Å²) in [7, 11) is 0. The second kappa shape index (κ2) is 3.91. The van der Waals surface area contributed by atoms with Crippen molar-refractivity contribution in [3.8, 4) is 0 Å². The van der Waals surface area contributed by atoms with Crippen LogP contribution in [0, 0.1) is 0 Å². The Morgan fingerprint density at radius 1 is 1.07 bits per heavy atom. The van der Waals surface area contributed by atoms with Gasteiger partial charge < -0.3 is 0 Å². The Morgan fingerprint density at radius 3 is 2.40 bits per heavy atom. The van der Waals surface area contributed by atoms with Gasteiger partial charge in [0.2, 0.25) is 0 Å². The Labute approximate surface area is 94.6 Å². The van der Waals surface area contributed by atoms with Crippen molar-refractivity contribution in [3.05, 3.63) is 40.0 Å². The maximum atomic E-state index is 12.5. The van der Waals surface area contributed by atoms with Crippen molar-refractivity contribution in [3.63, 3.8) is 0 Å². The normalized spacial score (nSPS) is 11.3. The zero-order valence-corrected chi connectivity index (χ0v) is 8.86. The van der Waals surface area contributed by atoms with Crippen molar-refractivity contribution in [2.24, 2.45) is 0 Å². The molecule has 1 heterocycles. The van der Waals surface area contributed by atoms with Crippen LogP contribution in [0.1, 0.15) is 12.1 Å². The third-order valence-electron chi connectivity index (χ3n) is 2.01. The van der Waals surface area contributed by atoms with Gasteiger partial charge in [0, 0.05) is 5.39 Å². The number of aromatic nitrogens is 1. The summed E-state index contributed by atoms with van der Waals surface area (Å²) in [6, 6.07) is 6.75. The van der Waals surface area contributed by atoms with Crippen molar-refractivity contribution in [1.29, 1.82) is 0 Å². The molecule has 0 radical (unpaired) electrons. The number of alkyl halides is 2. The van der Waals surface area contributed by atoms with Gasteiger partial charge in [-0.1, -0.05) is 41.4 Å². The van der Waals surface area contributed by atoms with E-state index in [0.29, 0.717) is 10.9 Å². The minimum Gasteiger partial charge on any atom is -0.245 e. The fourth-order valence-corrected chi connectivity index (χ4v) is 1.79. The van der Waals surface area contributed by atoms with Crippen molar-refractivity contribution >= 4 is 34.1 Å². The van der Waals surface area contributed by atoms with Gasteiger partial charge in [0.15, 0.2) is 0 Å². The van der Waals surface area contributed by atoms with E-state index in [1.165, 1.54) is 0 Å². The first-order valence-corrected chi connectivity index (χ1v) is 4.88. The minimum absolute atomic E-state index is 0.123. The third kappa shape index (κ3) is 1.77. The molecule has 0 spiro atoms. The maximum absolute atomic E-state index is 12.5. The third-order valence-corrected chi connectivity index (χ3v) is 2.88. The lowest BCUT2D eigenvalue weighted by molar-refractivity contribution is 0.146. The number of fused-ring (bicyclic) bond motifs is 1. The van der Waals surface area contributed by atoms with E-state index in [9.17, 15) is 8.78 Å². The van der Waals surface area contributed by atoms with Gasteiger partial charge in [-0.2, -0.15) is 0 Å². The predicted octanol–water partition coefficient (Wildman–Crippen LogP) is 4.48. The van der Waals surface area contributed by atoms with Crippen LogP contribution in [0.2, 0.25) is 10.0 Å². The molecule has 0 N–H and O–H groups in total. The number of pyridine rings is 1. The summed E-state index contributed by atoms with van der Waals surface area (Å²) >= 11 is 11.6. The standard InChI is InChI=1S/C10H5Cl2F2N/c11-7-5-3-1-2-4-6(5)15-9(8(7)12)10(13)14/h1-4,10H. The molecule has 1 nitrogen and oxygen atoms in total. The first kappa shape index (κ1) is 10.6. The summed E-state index contributed by atoms with van der Waals surface area (Å²) in [5, 5.41) is 0.525. The maximum Gasteiger partial charge on any atom is 0.281 e. The minimum atomic E-state index is -2.72. The first-order chi connectivity index (χ1) is 7.11. The molecule has 2 rings (SSSR count). The van der Waals surface area contributed by atoms with Gasteiger partial charge in [0.1, 0.15) is 5.69 Å². The smallest absolute Gasteiger partial charge is 0.245 e. The summed E-state index contributed by atoms with van der Waals surface area (Å²) in [6.45, 7) is 0. The van der Waals surface area contributed by atoms with Crippen LogP contribution < -0.4 is 0 Å². The van der Waals surface area contributed by atoms with E-state index < -0.39 is 12.1 Å². The molecule has 5 heteroatoms. The van der Waals surface area contributed by atoms with Crippen LogP contribution in [0.4, 0.5) is 8.78 Å². The summed E-state index contributed by atoms with van der Waals surface area (Å²) < 4.78 is 25.1. The topological polar surface area (TPSA) is 12.9 Å². The van der Waals surface area contributed by atoms with E-state index in [4.69, 9.17) is 23.2 Å². The molecule has 0 aliphatic rings. The zero-order chi connectivity index (χ0) is 11.0. The van der Waals surface area contributed by atoms with E-state index in [1.807, 2.05) is 0 Å². The van der Waals surface area contributed by atoms with Gasteiger partial charge in [0.25, 0.3) is 6.43 Å². The van der Waals surface area contributed by atoms with Crippen molar-refractivity contribution in [2.45, 2.75) is 6.43 Å². The lowest BCUT2D eigenvalue weighted by Crippen LogP contribution is -1.93. The number of halogens is 4. The molecular weight excluding hydrogens is 243 g/mol. The Balaban J connectivity index is 2.82. The van der Waals surface area contributed by atoms with E-state index in [1.54, 1.807) is 24.3 Å². The zero-order valence-electron chi connectivity index (χ0n) is 7.35. The molecule has 0 bridgehead atoms. The number of hydrogen-bond acceptors (Lipinski definition) is 1. The van der Waals surface area contributed by atoms with Gasteiger partial charge >= 0.3 is 0 Å². The largest absolute Gasteiger partial charge is 0.281 e. The molecule has 0 unspecified atom stereocenters. The molecule has 0 atom stereocenters. The number of para-hydroxylation sites is 1. The van der Waals surface area contributed by atoms with Crippen LogP contribution in [0.25, 0.3) is 10.9 Å². The van der Waals surface area contributed by atoms with Crippen molar-refractivity contribution in [2.75, 3.05) is 0 Å². The van der Waals surface area contributed by atoms with Gasteiger partial charge in [0.05, 0.1) is 15.6 Å². The van der Waals surface area contributed by atoms with E-state index in [2.05, 4.69) is 4.98 Å². The highest BCUT2D eigenvalue weighted by atomic mass is 35.5. The number of rotatable bonds is 1. The Kier molecular flexibility index (Phi) is 2.76. The van der Waals surface area contributed by atoms with Gasteiger partial charge in [-0.05, 0) is 6.07 Å². The van der Waals surface area contributed by atoms with Gasteiger partial charge in [-0.15, -0.1) is 0 Å². The van der Waals surface area contributed by atoms with E-state index in [-0.39, 0.29) is 10.0 Å². The van der Waals surface area contributed by atoms with Crippen molar-refractivity contribution in [1.82, 2.24) is 4.98 Å². The number of hydrogen-bond donors (Lipinski definition) is 0. The summed E-state index contributed by atoms with van der Waals surface area (Å²) in [5.74, 6) is 0. The lowest BCUT2D eigenvalue weighted by Gasteiger charge is -2.07. The second-order valence-electron chi connectivity index (χ2n) is 2.94. The highest BCUT2D eigenvalue weighted by Crippen LogP contribution is 2.35. The second-order valence-corrected chi connectivity index (χ2v) is 3.70. The van der Waals surface area contributed by atoms with Crippen LogP contribution in [0.3, 0.4) is 0 Å². The molecular formula is C10H5Cl2F2N. The molecule has 0 aliphatic heterocycles. The number of benzene rings is 1. The van der Waals surface area contributed by atoms with Crippen LogP contribution >= 0.6 is 23.2 Å². The molecule has 1 aromatic heterocycles. The SMILES string of the molecule is FC(F)c1nc2ccccc2c(Cl)c1Cl. The van der Waals surface area contributed by atoms with Crippen LogP contribution in [-0.4, -0.2) is 4.98 Å². The van der Waals surface area contributed by atoms with Crippen molar-refractivity contribution < 1.29 is 8.78 Å². The van der Waals surface area contributed by atoms with E-state index >= 15 is 0 Å². The molecule has 0 saturated carbocycles. The lowest BCUT2D eigenvalue weighted by atomic mass is 10.2. The van der Waals surface area contributed by atoms with E-state index in [0.717, 1.165) is 0 Å². The molecule has 0 saturated heterocycles. The Morgan fingerprint density at radius 2 is 1.73 bits per heavy atom. The van der Waals surface area contributed by atoms with Crippen LogP contribution in [0.5, 0.6) is 0 Å². The fraction of sp³-hybridized carbons (Fsp3) is 0.100. The Bertz CT molecular complexity index is 514. The average molecular weight is 248 g/mol. The molecule has 15 heavy (non-hydrogen) atoms. The average Bonchev–Trinajstić information content (AvgIpc) is 2.23. The molecule has 0 fully saturated rings. The monoisotopic (exact) mass is 247 g/mol. The first-order valence-electron chi connectivity index (χ1n) is 4.13. The highest BCUT2D eigenvalue weighted by Gasteiger charge is 2.18. The quantitative estimate of drug-likeness (QED) is 0.724. The molecule has 0 aliphatic carbocycles. The van der Waals surface area contributed by atoms with Crippen LogP contribution in [-0.2, 0) is 0 Å². The number of nitrogens with zero attached hydrogens (tertiary/aromatic N) is 1.